The van der Waals surface area contributed by atoms with E-state index in [1.54, 1.807) is 7.11 Å². The number of methoxy groups -OCH3 is 1. The van der Waals surface area contributed by atoms with Gasteiger partial charge >= 0.3 is 0 Å². The molecule has 1 aliphatic rings. The number of benzene rings is 2. The van der Waals surface area contributed by atoms with Gasteiger partial charge in [-0.15, -0.1) is 5.10 Å². The second-order valence-corrected chi connectivity index (χ2v) is 6.33. The van der Waals surface area contributed by atoms with Crippen molar-refractivity contribution in [1.29, 1.82) is 0 Å². The fourth-order valence-corrected chi connectivity index (χ4v) is 2.97. The summed E-state index contributed by atoms with van der Waals surface area (Å²) < 4.78 is 7.06. The number of para-hydroxylation sites is 1. The van der Waals surface area contributed by atoms with E-state index in [9.17, 15) is 0 Å². The average Bonchev–Trinajstić information content (AvgIpc) is 3.41. The highest BCUT2D eigenvalue weighted by molar-refractivity contribution is 5.30. The van der Waals surface area contributed by atoms with Gasteiger partial charge in [-0.25, -0.2) is 0 Å². The van der Waals surface area contributed by atoms with E-state index >= 15 is 0 Å². The van der Waals surface area contributed by atoms with Gasteiger partial charge in [0.2, 0.25) is 0 Å². The lowest BCUT2D eigenvalue weighted by molar-refractivity contribution is 0.237. The van der Waals surface area contributed by atoms with Crippen LogP contribution in [0.4, 0.5) is 0 Å². The molecule has 0 unspecified atom stereocenters. The fraction of sp³-hybridized carbons (Fsp3) is 0.316. The lowest BCUT2D eigenvalue weighted by Crippen LogP contribution is -2.26. The number of hydrogen-bond donors (Lipinski definition) is 0. The van der Waals surface area contributed by atoms with Gasteiger partial charge < -0.3 is 4.74 Å². The number of tetrazole rings is 1. The zero-order valence-electron chi connectivity index (χ0n) is 14.2. The van der Waals surface area contributed by atoms with E-state index in [1.807, 2.05) is 47.1 Å². The quantitative estimate of drug-likeness (QED) is 0.664. The van der Waals surface area contributed by atoms with Crippen LogP contribution in [0.15, 0.2) is 54.6 Å². The fourth-order valence-electron chi connectivity index (χ4n) is 2.97. The molecule has 0 spiro atoms. The second kappa shape index (κ2) is 7.03. The van der Waals surface area contributed by atoms with Crippen LogP contribution in [0.3, 0.4) is 0 Å². The van der Waals surface area contributed by atoms with Crippen molar-refractivity contribution in [2.45, 2.75) is 32.0 Å². The Labute approximate surface area is 147 Å². The molecule has 6 nitrogen and oxygen atoms in total. The summed E-state index contributed by atoms with van der Waals surface area (Å²) >= 11 is 0. The predicted molar refractivity (Wildman–Crippen MR) is 94.4 cm³/mol. The molecule has 0 aliphatic heterocycles. The van der Waals surface area contributed by atoms with Gasteiger partial charge in [0, 0.05) is 12.6 Å². The molecule has 1 heterocycles. The molecule has 2 aromatic carbocycles. The van der Waals surface area contributed by atoms with Crippen molar-refractivity contribution in [1.82, 2.24) is 25.1 Å². The maximum atomic E-state index is 5.24. The smallest absolute Gasteiger partial charge is 0.170 e. The third-order valence-electron chi connectivity index (χ3n) is 4.49. The molecule has 25 heavy (non-hydrogen) atoms. The van der Waals surface area contributed by atoms with Crippen molar-refractivity contribution < 1.29 is 4.74 Å². The molecule has 4 rings (SSSR count). The first-order valence-electron chi connectivity index (χ1n) is 8.53. The summed E-state index contributed by atoms with van der Waals surface area (Å²) in [6.07, 6.45) is 2.48. The van der Waals surface area contributed by atoms with Crippen molar-refractivity contribution in [3.05, 3.63) is 66.0 Å². The molecule has 0 bridgehead atoms. The van der Waals surface area contributed by atoms with Gasteiger partial charge in [-0.05, 0) is 53.1 Å². The molecule has 1 aliphatic carbocycles. The highest BCUT2D eigenvalue weighted by Crippen LogP contribution is 2.30. The van der Waals surface area contributed by atoms with Crippen molar-refractivity contribution >= 4 is 0 Å². The van der Waals surface area contributed by atoms with Crippen LogP contribution >= 0.6 is 0 Å². The third kappa shape index (κ3) is 3.69. The predicted octanol–water partition coefficient (Wildman–Crippen LogP) is 2.84. The Hall–Kier alpha value is -2.73. The Morgan fingerprint density at radius 2 is 1.80 bits per heavy atom. The SMILES string of the molecule is COc1ccc(CN(Cc2nnnn2-c2ccccc2)C2CC2)cc1. The molecule has 128 valence electrons. The number of rotatable bonds is 7. The lowest BCUT2D eigenvalue weighted by Gasteiger charge is -2.21. The molecular weight excluding hydrogens is 314 g/mol. The van der Waals surface area contributed by atoms with Crippen LogP contribution in [0.1, 0.15) is 24.2 Å². The second-order valence-electron chi connectivity index (χ2n) is 6.33. The van der Waals surface area contributed by atoms with Crippen LogP contribution in [0, 0.1) is 0 Å². The molecular formula is C19H21N5O. The molecule has 1 saturated carbocycles. The maximum Gasteiger partial charge on any atom is 0.170 e. The van der Waals surface area contributed by atoms with E-state index in [1.165, 1.54) is 18.4 Å². The Morgan fingerprint density at radius 1 is 1.04 bits per heavy atom. The van der Waals surface area contributed by atoms with Gasteiger partial charge in [-0.3, -0.25) is 4.90 Å². The normalized spacial score (nSPS) is 14.0. The molecule has 0 saturated heterocycles. The van der Waals surface area contributed by atoms with Gasteiger partial charge in [0.25, 0.3) is 0 Å². The van der Waals surface area contributed by atoms with E-state index in [4.69, 9.17) is 4.74 Å². The summed E-state index contributed by atoms with van der Waals surface area (Å²) in [5.41, 5.74) is 2.26. The van der Waals surface area contributed by atoms with Crippen LogP contribution < -0.4 is 4.74 Å². The number of nitrogens with zero attached hydrogens (tertiary/aromatic N) is 5. The first kappa shape index (κ1) is 15.8. The molecule has 0 N–H and O–H groups in total. The minimum absolute atomic E-state index is 0.614. The van der Waals surface area contributed by atoms with Crippen LogP contribution in [0.2, 0.25) is 0 Å². The summed E-state index contributed by atoms with van der Waals surface area (Å²) in [5.74, 6) is 1.75. The largest absolute Gasteiger partial charge is 0.497 e. The molecule has 0 atom stereocenters. The van der Waals surface area contributed by atoms with Gasteiger partial charge in [0.15, 0.2) is 5.82 Å². The Bertz CT molecular complexity index is 811. The molecule has 3 aromatic rings. The lowest BCUT2D eigenvalue weighted by atomic mass is 10.2. The summed E-state index contributed by atoms with van der Waals surface area (Å²) in [5, 5.41) is 12.3. The van der Waals surface area contributed by atoms with Gasteiger partial charge in [0.1, 0.15) is 5.75 Å². The maximum absolute atomic E-state index is 5.24. The van der Waals surface area contributed by atoms with Crippen molar-refractivity contribution in [3.8, 4) is 11.4 Å². The molecule has 6 heteroatoms. The van der Waals surface area contributed by atoms with Crippen LogP contribution in [-0.4, -0.2) is 38.3 Å². The number of ether oxygens (including phenoxy) is 1. The highest BCUT2D eigenvalue weighted by Gasteiger charge is 2.30. The van der Waals surface area contributed by atoms with E-state index in [-0.39, 0.29) is 0 Å². The zero-order chi connectivity index (χ0) is 17.1. The van der Waals surface area contributed by atoms with Gasteiger partial charge in [-0.2, -0.15) is 4.68 Å². The van der Waals surface area contributed by atoms with Crippen LogP contribution in [0.5, 0.6) is 5.75 Å². The molecule has 0 amide bonds. The zero-order valence-corrected chi connectivity index (χ0v) is 14.2. The first-order valence-corrected chi connectivity index (χ1v) is 8.53. The van der Waals surface area contributed by atoms with Gasteiger partial charge in [0.05, 0.1) is 19.3 Å². The summed E-state index contributed by atoms with van der Waals surface area (Å²) in [6, 6.07) is 18.9. The monoisotopic (exact) mass is 335 g/mol. The third-order valence-corrected chi connectivity index (χ3v) is 4.49. The summed E-state index contributed by atoms with van der Waals surface area (Å²) in [6.45, 7) is 1.62. The van der Waals surface area contributed by atoms with Crippen molar-refractivity contribution in [2.75, 3.05) is 7.11 Å². The van der Waals surface area contributed by atoms with Gasteiger partial charge in [-0.1, -0.05) is 30.3 Å². The van der Waals surface area contributed by atoms with Crippen LogP contribution in [0.25, 0.3) is 5.69 Å². The van der Waals surface area contributed by atoms with E-state index in [0.717, 1.165) is 30.4 Å². The molecule has 1 fully saturated rings. The Morgan fingerprint density at radius 3 is 2.48 bits per heavy atom. The average molecular weight is 335 g/mol. The number of hydrogen-bond acceptors (Lipinski definition) is 5. The molecule has 1 aromatic heterocycles. The standard InChI is InChI=1S/C19H21N5O/c1-25-18-11-7-15(8-12-18)13-23(16-9-10-16)14-19-20-21-22-24(19)17-5-3-2-4-6-17/h2-8,11-12,16H,9-10,13-14H2,1H3. The topological polar surface area (TPSA) is 56.1 Å². The minimum atomic E-state index is 0.614. The molecule has 0 radical (unpaired) electrons. The van der Waals surface area contributed by atoms with Crippen molar-refractivity contribution in [3.63, 3.8) is 0 Å². The van der Waals surface area contributed by atoms with E-state index < -0.39 is 0 Å². The van der Waals surface area contributed by atoms with Crippen LogP contribution in [-0.2, 0) is 13.1 Å². The summed E-state index contributed by atoms with van der Waals surface area (Å²) in [7, 11) is 1.69. The first-order chi connectivity index (χ1) is 12.3. The minimum Gasteiger partial charge on any atom is -0.497 e. The summed E-state index contributed by atoms with van der Waals surface area (Å²) in [4.78, 5) is 2.45. The Balaban J connectivity index is 1.52. The van der Waals surface area contributed by atoms with Crippen molar-refractivity contribution in [2.24, 2.45) is 0 Å². The number of aromatic nitrogens is 4. The van der Waals surface area contributed by atoms with E-state index in [2.05, 4.69) is 32.6 Å². The Kier molecular flexibility index (Phi) is 4.43. The van der Waals surface area contributed by atoms with E-state index in [0.29, 0.717) is 6.04 Å². The highest BCUT2D eigenvalue weighted by atomic mass is 16.5.